The minimum Gasteiger partial charge on any atom is -0.821 e. The monoisotopic (exact) mass is 221 g/mol. The van der Waals surface area contributed by atoms with E-state index in [1.54, 1.807) is 6.66 Å². The van der Waals surface area contributed by atoms with Gasteiger partial charge in [0, 0.05) is 0 Å². The second-order valence-corrected chi connectivity index (χ2v) is 8.80. The van der Waals surface area contributed by atoms with Crippen LogP contribution < -0.4 is 4.89 Å². The van der Waals surface area contributed by atoms with E-state index in [0.717, 1.165) is 12.8 Å². The standard InChI is InChI=1S/C9H19O2PS/c1-4-9-8(5-7(2)11-9)6-12(3,10)13/h7-9H,4-6H2,1-3H3,(H,10,13)/p-1/t7-,8-,9+,12?/m0/s1. The Morgan fingerprint density at radius 1 is 1.62 bits per heavy atom. The summed E-state index contributed by atoms with van der Waals surface area (Å²) < 4.78 is 5.70. The molecule has 1 heterocycles. The molecule has 1 saturated heterocycles. The van der Waals surface area contributed by atoms with Gasteiger partial charge in [0.05, 0.1) is 12.2 Å². The molecule has 0 bridgehead atoms. The zero-order valence-electron chi connectivity index (χ0n) is 8.53. The third-order valence-corrected chi connectivity index (χ3v) is 4.12. The van der Waals surface area contributed by atoms with Gasteiger partial charge in [-0.05, 0) is 38.5 Å². The molecule has 0 N–H and O–H groups in total. The largest absolute Gasteiger partial charge is 0.821 e. The first-order valence-corrected chi connectivity index (χ1v) is 8.20. The van der Waals surface area contributed by atoms with Crippen molar-refractivity contribution >= 4 is 18.1 Å². The van der Waals surface area contributed by atoms with E-state index in [1.807, 2.05) is 0 Å². The maximum Gasteiger partial charge on any atom is 0.0608 e. The molecule has 1 unspecified atom stereocenters. The van der Waals surface area contributed by atoms with E-state index in [4.69, 9.17) is 16.5 Å². The molecule has 0 radical (unpaired) electrons. The average Bonchev–Trinajstić information content (AvgIpc) is 2.27. The molecule has 0 aromatic heterocycles. The van der Waals surface area contributed by atoms with Gasteiger partial charge < -0.3 is 9.63 Å². The van der Waals surface area contributed by atoms with Gasteiger partial charge in [-0.15, -0.1) is 18.1 Å². The van der Waals surface area contributed by atoms with Gasteiger partial charge in [-0.3, -0.25) is 0 Å². The number of rotatable bonds is 3. The van der Waals surface area contributed by atoms with Gasteiger partial charge in [-0.1, -0.05) is 6.92 Å². The molecule has 1 fully saturated rings. The van der Waals surface area contributed by atoms with E-state index in [9.17, 15) is 4.89 Å². The lowest BCUT2D eigenvalue weighted by Gasteiger charge is -2.28. The van der Waals surface area contributed by atoms with E-state index in [2.05, 4.69) is 13.8 Å². The SMILES string of the molecule is CC[C@H]1O[C@@H](C)C[C@H]1CP(C)([O-])=S. The number of ether oxygens (including phenoxy) is 1. The molecule has 0 aromatic rings. The fraction of sp³-hybridized carbons (Fsp3) is 1.00. The maximum absolute atomic E-state index is 11.5. The van der Waals surface area contributed by atoms with Gasteiger partial charge in [-0.25, -0.2) is 0 Å². The molecule has 13 heavy (non-hydrogen) atoms. The van der Waals surface area contributed by atoms with Crippen LogP contribution in [0.4, 0.5) is 0 Å². The molecule has 0 amide bonds. The van der Waals surface area contributed by atoms with E-state index >= 15 is 0 Å². The highest BCUT2D eigenvalue weighted by Gasteiger charge is 2.31. The van der Waals surface area contributed by atoms with Gasteiger partial charge >= 0.3 is 0 Å². The lowest BCUT2D eigenvalue weighted by atomic mass is 10.0. The second-order valence-electron chi connectivity index (χ2n) is 4.09. The zero-order chi connectivity index (χ0) is 10.1. The highest BCUT2D eigenvalue weighted by atomic mass is 32.4. The lowest BCUT2D eigenvalue weighted by molar-refractivity contribution is -0.160. The molecule has 4 atom stereocenters. The summed E-state index contributed by atoms with van der Waals surface area (Å²) in [6.07, 6.45) is 1.01. The minimum absolute atomic E-state index is 0.284. The topological polar surface area (TPSA) is 32.3 Å². The van der Waals surface area contributed by atoms with Gasteiger partial charge in [0.2, 0.25) is 0 Å². The van der Waals surface area contributed by atoms with Crippen LogP contribution in [0.5, 0.6) is 0 Å². The number of hydrogen-bond donors (Lipinski definition) is 0. The molecule has 0 spiro atoms. The van der Waals surface area contributed by atoms with E-state index in [1.165, 1.54) is 0 Å². The van der Waals surface area contributed by atoms with Crippen molar-refractivity contribution in [1.82, 2.24) is 0 Å². The normalized spacial score (nSPS) is 38.9. The Morgan fingerprint density at radius 2 is 2.23 bits per heavy atom. The highest BCUT2D eigenvalue weighted by Crippen LogP contribution is 2.40. The molecular formula is C9H18O2PS-. The van der Waals surface area contributed by atoms with Crippen molar-refractivity contribution in [3.05, 3.63) is 0 Å². The van der Waals surface area contributed by atoms with Crippen molar-refractivity contribution in [1.29, 1.82) is 0 Å². The highest BCUT2D eigenvalue weighted by molar-refractivity contribution is 8.10. The van der Waals surface area contributed by atoms with E-state index < -0.39 is 6.26 Å². The molecule has 1 aliphatic heterocycles. The molecule has 2 nitrogen and oxygen atoms in total. The Bertz CT molecular complexity index is 214. The first kappa shape index (κ1) is 11.6. The molecule has 78 valence electrons. The molecule has 0 saturated carbocycles. The molecular weight excluding hydrogens is 203 g/mol. The van der Waals surface area contributed by atoms with Crippen LogP contribution in [0.3, 0.4) is 0 Å². The Kier molecular flexibility index (Phi) is 3.94. The van der Waals surface area contributed by atoms with Gasteiger partial charge in [0.25, 0.3) is 0 Å². The Balaban J connectivity index is 2.54. The molecule has 0 aliphatic carbocycles. The lowest BCUT2D eigenvalue weighted by Crippen LogP contribution is -2.20. The van der Waals surface area contributed by atoms with Crippen LogP contribution in [0.25, 0.3) is 0 Å². The Hall–Kier alpha value is 0.570. The Labute approximate surface area is 85.8 Å². The van der Waals surface area contributed by atoms with Crippen molar-refractivity contribution in [3.63, 3.8) is 0 Å². The first-order chi connectivity index (χ1) is 5.92. The van der Waals surface area contributed by atoms with Crippen molar-refractivity contribution in [3.8, 4) is 0 Å². The van der Waals surface area contributed by atoms with Crippen molar-refractivity contribution in [2.24, 2.45) is 5.92 Å². The third kappa shape index (κ3) is 3.67. The quantitative estimate of drug-likeness (QED) is 0.678. The van der Waals surface area contributed by atoms with Gasteiger partial charge in [-0.2, -0.15) is 0 Å². The van der Waals surface area contributed by atoms with Crippen LogP contribution in [-0.4, -0.2) is 25.0 Å². The van der Waals surface area contributed by atoms with Crippen molar-refractivity contribution in [2.75, 3.05) is 12.8 Å². The smallest absolute Gasteiger partial charge is 0.0608 e. The summed E-state index contributed by atoms with van der Waals surface area (Å²) >= 11 is 4.96. The molecule has 0 aromatic carbocycles. The third-order valence-electron chi connectivity index (χ3n) is 2.54. The van der Waals surface area contributed by atoms with Crippen molar-refractivity contribution < 1.29 is 9.63 Å². The summed E-state index contributed by atoms with van der Waals surface area (Å²) in [7, 11) is 0. The van der Waals surface area contributed by atoms with Crippen LogP contribution in [0.1, 0.15) is 26.7 Å². The molecule has 1 rings (SSSR count). The average molecular weight is 221 g/mol. The van der Waals surface area contributed by atoms with Crippen LogP contribution in [0, 0.1) is 5.92 Å². The summed E-state index contributed by atoms with van der Waals surface area (Å²) in [5.74, 6) is 0.424. The van der Waals surface area contributed by atoms with E-state index in [-0.39, 0.29) is 6.10 Å². The molecule has 1 aliphatic rings. The molecule has 4 heteroatoms. The second kappa shape index (κ2) is 4.39. The van der Waals surface area contributed by atoms with Crippen LogP contribution >= 0.6 is 6.26 Å². The summed E-state index contributed by atoms with van der Waals surface area (Å²) in [5, 5.41) is 0. The fourth-order valence-electron chi connectivity index (χ4n) is 2.09. The summed E-state index contributed by atoms with van der Waals surface area (Å²) in [5.41, 5.74) is 0. The van der Waals surface area contributed by atoms with Gasteiger partial charge in [0.15, 0.2) is 0 Å². The van der Waals surface area contributed by atoms with Crippen molar-refractivity contribution in [2.45, 2.75) is 38.9 Å². The van der Waals surface area contributed by atoms with Crippen LogP contribution in [0.15, 0.2) is 0 Å². The summed E-state index contributed by atoms with van der Waals surface area (Å²) in [4.78, 5) is 11.5. The van der Waals surface area contributed by atoms with E-state index in [0.29, 0.717) is 18.2 Å². The minimum atomic E-state index is -2.29. The predicted octanol–water partition coefficient (Wildman–Crippen LogP) is 1.57. The fourth-order valence-corrected chi connectivity index (χ4v) is 3.90. The predicted molar refractivity (Wildman–Crippen MR) is 57.8 cm³/mol. The maximum atomic E-state index is 11.5. The zero-order valence-corrected chi connectivity index (χ0v) is 10.2. The number of hydrogen-bond acceptors (Lipinski definition) is 3. The summed E-state index contributed by atoms with van der Waals surface area (Å²) in [6, 6.07) is 0. The Morgan fingerprint density at radius 3 is 2.69 bits per heavy atom. The van der Waals surface area contributed by atoms with Gasteiger partial charge in [0.1, 0.15) is 0 Å². The first-order valence-electron chi connectivity index (χ1n) is 4.85. The van der Waals surface area contributed by atoms with Crippen LogP contribution in [-0.2, 0) is 16.5 Å². The van der Waals surface area contributed by atoms with Crippen LogP contribution in [0.2, 0.25) is 0 Å². The summed E-state index contributed by atoms with van der Waals surface area (Å²) in [6.45, 7) is 5.88.